The van der Waals surface area contributed by atoms with E-state index in [0.717, 1.165) is 19.4 Å². The van der Waals surface area contributed by atoms with Crippen molar-refractivity contribution in [1.82, 2.24) is 0 Å². The largest absolute Gasteiger partial charge is 0.382 e. The first kappa shape index (κ1) is 8.57. The summed E-state index contributed by atoms with van der Waals surface area (Å²) < 4.78 is 0. The minimum absolute atomic E-state index is 0.586. The number of hydrogen-bond acceptors (Lipinski definition) is 2. The number of anilines is 1. The zero-order chi connectivity index (χ0) is 9.26. The van der Waals surface area contributed by atoms with Crippen LogP contribution < -0.4 is 11.1 Å². The summed E-state index contributed by atoms with van der Waals surface area (Å²) in [6.45, 7) is 2.94. The summed E-state index contributed by atoms with van der Waals surface area (Å²) in [7, 11) is 0. The van der Waals surface area contributed by atoms with E-state index in [-0.39, 0.29) is 0 Å². The average molecular weight is 176 g/mol. The van der Waals surface area contributed by atoms with Gasteiger partial charge in [-0.3, -0.25) is 0 Å². The van der Waals surface area contributed by atoms with Gasteiger partial charge in [0.1, 0.15) is 0 Å². The average Bonchev–Trinajstić information content (AvgIpc) is 2.44. The minimum Gasteiger partial charge on any atom is -0.382 e. The zero-order valence-electron chi connectivity index (χ0n) is 8.01. The Hall–Kier alpha value is -1.02. The lowest BCUT2D eigenvalue weighted by Crippen LogP contribution is -2.08. The smallest absolute Gasteiger partial charge is 0.0378 e. The summed E-state index contributed by atoms with van der Waals surface area (Å²) in [6, 6.07) is 7.22. The molecule has 0 amide bonds. The van der Waals surface area contributed by atoms with Gasteiger partial charge < -0.3 is 11.1 Å². The fourth-order valence-electron chi connectivity index (χ4n) is 1.90. The Morgan fingerprint density at radius 3 is 3.15 bits per heavy atom. The summed E-state index contributed by atoms with van der Waals surface area (Å²) in [4.78, 5) is 0. The molecule has 1 atom stereocenters. The SMILES string of the molecule is CC1Cc2ccc(CCN)cc2N1. The molecule has 0 spiro atoms. The van der Waals surface area contributed by atoms with E-state index in [1.54, 1.807) is 0 Å². The van der Waals surface area contributed by atoms with Gasteiger partial charge in [0.25, 0.3) is 0 Å². The van der Waals surface area contributed by atoms with Crippen LogP contribution in [-0.2, 0) is 12.8 Å². The lowest BCUT2D eigenvalue weighted by Gasteiger charge is -2.04. The van der Waals surface area contributed by atoms with Gasteiger partial charge in [-0.25, -0.2) is 0 Å². The van der Waals surface area contributed by atoms with E-state index in [1.807, 2.05) is 0 Å². The lowest BCUT2D eigenvalue weighted by atomic mass is 10.1. The van der Waals surface area contributed by atoms with Crippen LogP contribution in [0.5, 0.6) is 0 Å². The lowest BCUT2D eigenvalue weighted by molar-refractivity contribution is 0.839. The molecule has 2 nitrogen and oxygen atoms in total. The molecule has 1 aromatic rings. The molecule has 1 unspecified atom stereocenters. The van der Waals surface area contributed by atoms with Gasteiger partial charge in [0.15, 0.2) is 0 Å². The number of nitrogens with two attached hydrogens (primary N) is 1. The molecule has 2 rings (SSSR count). The highest BCUT2D eigenvalue weighted by Crippen LogP contribution is 2.26. The van der Waals surface area contributed by atoms with E-state index >= 15 is 0 Å². The molecule has 70 valence electrons. The summed E-state index contributed by atoms with van der Waals surface area (Å²) in [5.41, 5.74) is 9.59. The maximum atomic E-state index is 5.51. The van der Waals surface area contributed by atoms with Gasteiger partial charge in [-0.05, 0) is 43.5 Å². The van der Waals surface area contributed by atoms with Crippen molar-refractivity contribution in [2.75, 3.05) is 11.9 Å². The molecule has 1 aliphatic rings. The number of nitrogens with one attached hydrogen (secondary N) is 1. The summed E-state index contributed by atoms with van der Waals surface area (Å²) in [5.74, 6) is 0. The third kappa shape index (κ3) is 1.68. The van der Waals surface area contributed by atoms with Crippen molar-refractivity contribution in [3.05, 3.63) is 29.3 Å². The second-order valence-electron chi connectivity index (χ2n) is 3.78. The number of benzene rings is 1. The van der Waals surface area contributed by atoms with Gasteiger partial charge in [-0.15, -0.1) is 0 Å². The third-order valence-electron chi connectivity index (χ3n) is 2.54. The van der Waals surface area contributed by atoms with Crippen molar-refractivity contribution in [3.8, 4) is 0 Å². The molecule has 1 aromatic carbocycles. The van der Waals surface area contributed by atoms with E-state index in [1.165, 1.54) is 16.8 Å². The van der Waals surface area contributed by atoms with Crippen LogP contribution in [-0.4, -0.2) is 12.6 Å². The molecule has 3 N–H and O–H groups in total. The molecule has 2 heteroatoms. The third-order valence-corrected chi connectivity index (χ3v) is 2.54. The zero-order valence-corrected chi connectivity index (χ0v) is 8.01. The Balaban J connectivity index is 2.24. The van der Waals surface area contributed by atoms with E-state index in [4.69, 9.17) is 5.73 Å². The van der Waals surface area contributed by atoms with Crippen molar-refractivity contribution in [2.45, 2.75) is 25.8 Å². The topological polar surface area (TPSA) is 38.0 Å². The highest BCUT2D eigenvalue weighted by atomic mass is 14.9. The van der Waals surface area contributed by atoms with Crippen molar-refractivity contribution in [1.29, 1.82) is 0 Å². The molecule has 0 bridgehead atoms. The fourth-order valence-corrected chi connectivity index (χ4v) is 1.90. The molecule has 0 saturated carbocycles. The molecule has 0 radical (unpaired) electrons. The van der Waals surface area contributed by atoms with Crippen LogP contribution in [0.25, 0.3) is 0 Å². The monoisotopic (exact) mass is 176 g/mol. The number of fused-ring (bicyclic) bond motifs is 1. The fraction of sp³-hybridized carbons (Fsp3) is 0.455. The first-order valence-electron chi connectivity index (χ1n) is 4.88. The van der Waals surface area contributed by atoms with Crippen molar-refractivity contribution in [3.63, 3.8) is 0 Å². The van der Waals surface area contributed by atoms with E-state index in [0.29, 0.717) is 6.04 Å². The van der Waals surface area contributed by atoms with Crippen LogP contribution in [0.2, 0.25) is 0 Å². The summed E-state index contributed by atoms with van der Waals surface area (Å²) >= 11 is 0. The van der Waals surface area contributed by atoms with Crippen molar-refractivity contribution in [2.24, 2.45) is 5.73 Å². The quantitative estimate of drug-likeness (QED) is 0.717. The van der Waals surface area contributed by atoms with E-state index in [9.17, 15) is 0 Å². The number of hydrogen-bond donors (Lipinski definition) is 2. The normalized spacial score (nSPS) is 19.7. The van der Waals surface area contributed by atoms with Crippen LogP contribution in [0, 0.1) is 0 Å². The predicted molar refractivity (Wildman–Crippen MR) is 56.0 cm³/mol. The predicted octanol–water partition coefficient (Wildman–Crippen LogP) is 1.54. The molecule has 1 aliphatic heterocycles. The number of rotatable bonds is 2. The maximum Gasteiger partial charge on any atom is 0.0378 e. The molecule has 13 heavy (non-hydrogen) atoms. The van der Waals surface area contributed by atoms with Crippen LogP contribution in [0.15, 0.2) is 18.2 Å². The van der Waals surface area contributed by atoms with Crippen LogP contribution >= 0.6 is 0 Å². The van der Waals surface area contributed by atoms with Crippen molar-refractivity contribution < 1.29 is 0 Å². The molecule has 1 heterocycles. The molecular formula is C11H16N2. The van der Waals surface area contributed by atoms with E-state index in [2.05, 4.69) is 30.4 Å². The molecule has 0 fully saturated rings. The second-order valence-corrected chi connectivity index (χ2v) is 3.78. The van der Waals surface area contributed by atoms with Crippen molar-refractivity contribution >= 4 is 5.69 Å². The van der Waals surface area contributed by atoms with Gasteiger partial charge >= 0.3 is 0 Å². The van der Waals surface area contributed by atoms with Crippen LogP contribution in [0.4, 0.5) is 5.69 Å². The first-order chi connectivity index (χ1) is 6.29. The standard InChI is InChI=1S/C11H16N2/c1-8-6-10-3-2-9(4-5-12)7-11(10)13-8/h2-3,7-8,13H,4-6,12H2,1H3. The van der Waals surface area contributed by atoms with E-state index < -0.39 is 0 Å². The molecule has 0 saturated heterocycles. The highest BCUT2D eigenvalue weighted by Gasteiger charge is 2.15. The Labute approximate surface area is 79.1 Å². The Morgan fingerprint density at radius 1 is 1.54 bits per heavy atom. The minimum atomic E-state index is 0.586. The highest BCUT2D eigenvalue weighted by molar-refractivity contribution is 5.58. The molecule has 0 aromatic heterocycles. The Bertz CT molecular complexity index is 307. The van der Waals surface area contributed by atoms with Gasteiger partial charge in [0.2, 0.25) is 0 Å². The van der Waals surface area contributed by atoms with Gasteiger partial charge in [0.05, 0.1) is 0 Å². The summed E-state index contributed by atoms with van der Waals surface area (Å²) in [5, 5.41) is 3.46. The first-order valence-corrected chi connectivity index (χ1v) is 4.88. The molecule has 0 aliphatic carbocycles. The van der Waals surface area contributed by atoms with Gasteiger partial charge in [-0.2, -0.15) is 0 Å². The van der Waals surface area contributed by atoms with Crippen LogP contribution in [0.1, 0.15) is 18.1 Å². The van der Waals surface area contributed by atoms with Crippen LogP contribution in [0.3, 0.4) is 0 Å². The summed E-state index contributed by atoms with van der Waals surface area (Å²) in [6.07, 6.45) is 2.13. The maximum absolute atomic E-state index is 5.51. The second kappa shape index (κ2) is 3.38. The van der Waals surface area contributed by atoms with Gasteiger partial charge in [0, 0.05) is 11.7 Å². The Morgan fingerprint density at radius 2 is 2.38 bits per heavy atom. The molecular weight excluding hydrogens is 160 g/mol. The van der Waals surface area contributed by atoms with Gasteiger partial charge in [-0.1, -0.05) is 12.1 Å². The Kier molecular flexibility index (Phi) is 2.23.